The highest BCUT2D eigenvalue weighted by Crippen LogP contribution is 2.23. The Morgan fingerprint density at radius 1 is 1.25 bits per heavy atom. The van der Waals surface area contributed by atoms with Crippen molar-refractivity contribution in [1.82, 2.24) is 0 Å². The van der Waals surface area contributed by atoms with E-state index in [-0.39, 0.29) is 5.82 Å². The number of rotatable bonds is 4. The van der Waals surface area contributed by atoms with Crippen molar-refractivity contribution in [3.8, 4) is 6.07 Å². The van der Waals surface area contributed by atoms with Crippen LogP contribution in [0.3, 0.4) is 0 Å². The van der Waals surface area contributed by atoms with Crippen LogP contribution in [0, 0.1) is 24.1 Å². The van der Waals surface area contributed by atoms with E-state index in [4.69, 9.17) is 5.26 Å². The topological polar surface area (TPSA) is 35.8 Å². The molecule has 0 heterocycles. The summed E-state index contributed by atoms with van der Waals surface area (Å²) < 4.78 is 13.9. The van der Waals surface area contributed by atoms with E-state index in [1.165, 1.54) is 6.07 Å². The second-order valence-electron chi connectivity index (χ2n) is 4.55. The first-order valence-corrected chi connectivity index (χ1v) is 7.08. The maximum absolute atomic E-state index is 13.0. The predicted molar refractivity (Wildman–Crippen MR) is 82.2 cm³/mol. The molecule has 0 spiro atoms. The zero-order valence-electron chi connectivity index (χ0n) is 11.1. The van der Waals surface area contributed by atoms with Gasteiger partial charge >= 0.3 is 0 Å². The Morgan fingerprint density at radius 2 is 2.05 bits per heavy atom. The van der Waals surface area contributed by atoms with E-state index in [1.54, 1.807) is 18.2 Å². The average molecular weight is 333 g/mol. The largest absolute Gasteiger partial charge is 0.384 e. The molecule has 0 saturated carbocycles. The molecule has 20 heavy (non-hydrogen) atoms. The molecule has 0 atom stereocenters. The summed E-state index contributed by atoms with van der Waals surface area (Å²) in [4.78, 5) is 0. The lowest BCUT2D eigenvalue weighted by molar-refractivity contribution is 0.625. The van der Waals surface area contributed by atoms with Crippen molar-refractivity contribution >= 4 is 21.6 Å². The Bertz CT molecular complexity index is 662. The number of benzene rings is 2. The van der Waals surface area contributed by atoms with Crippen LogP contribution < -0.4 is 5.32 Å². The summed E-state index contributed by atoms with van der Waals surface area (Å²) in [6.45, 7) is 2.66. The van der Waals surface area contributed by atoms with E-state index in [0.29, 0.717) is 5.56 Å². The number of anilines is 1. The monoisotopic (exact) mass is 332 g/mol. The first-order chi connectivity index (χ1) is 9.60. The number of nitriles is 1. The van der Waals surface area contributed by atoms with Crippen LogP contribution in [0.4, 0.5) is 10.1 Å². The fraction of sp³-hybridized carbons (Fsp3) is 0.188. The third-order valence-corrected chi connectivity index (χ3v) is 3.77. The van der Waals surface area contributed by atoms with Gasteiger partial charge < -0.3 is 5.32 Å². The van der Waals surface area contributed by atoms with Gasteiger partial charge in [0.2, 0.25) is 0 Å². The Hall–Kier alpha value is -1.86. The van der Waals surface area contributed by atoms with Crippen LogP contribution in [-0.2, 0) is 6.42 Å². The number of hydrogen-bond acceptors (Lipinski definition) is 2. The van der Waals surface area contributed by atoms with E-state index < -0.39 is 0 Å². The van der Waals surface area contributed by atoms with E-state index in [1.807, 2.05) is 19.1 Å². The van der Waals surface area contributed by atoms with Gasteiger partial charge in [-0.1, -0.05) is 6.07 Å². The molecule has 0 aromatic heterocycles. The lowest BCUT2D eigenvalue weighted by Gasteiger charge is -2.10. The Kier molecular flexibility index (Phi) is 4.75. The molecular weight excluding hydrogens is 319 g/mol. The molecule has 2 rings (SSSR count). The van der Waals surface area contributed by atoms with Crippen LogP contribution in [-0.4, -0.2) is 6.54 Å². The van der Waals surface area contributed by atoms with Gasteiger partial charge in [0.25, 0.3) is 0 Å². The molecule has 1 N–H and O–H groups in total. The smallest absolute Gasteiger partial charge is 0.123 e. The number of nitrogens with one attached hydrogen (secondary N) is 1. The third-order valence-electron chi connectivity index (χ3n) is 3.11. The lowest BCUT2D eigenvalue weighted by Crippen LogP contribution is -2.06. The van der Waals surface area contributed by atoms with Crippen LogP contribution in [0.25, 0.3) is 0 Å². The zero-order chi connectivity index (χ0) is 14.5. The maximum atomic E-state index is 13.0. The van der Waals surface area contributed by atoms with Crippen LogP contribution >= 0.6 is 15.9 Å². The summed E-state index contributed by atoms with van der Waals surface area (Å²) in [6.07, 6.45) is 0.818. The summed E-state index contributed by atoms with van der Waals surface area (Å²) in [5.41, 5.74) is 3.66. The van der Waals surface area contributed by atoms with E-state index in [9.17, 15) is 4.39 Å². The molecule has 0 bridgehead atoms. The Morgan fingerprint density at radius 3 is 2.70 bits per heavy atom. The normalized spacial score (nSPS) is 10.1. The zero-order valence-corrected chi connectivity index (χ0v) is 12.7. The highest BCUT2D eigenvalue weighted by atomic mass is 79.9. The van der Waals surface area contributed by atoms with Crippen molar-refractivity contribution in [3.63, 3.8) is 0 Å². The number of halogens is 2. The minimum Gasteiger partial charge on any atom is -0.384 e. The molecule has 2 nitrogen and oxygen atoms in total. The van der Waals surface area contributed by atoms with Gasteiger partial charge in [0, 0.05) is 16.7 Å². The number of aryl methyl sites for hydroxylation is 1. The first-order valence-electron chi connectivity index (χ1n) is 6.28. The predicted octanol–water partition coefficient (Wildman–Crippen LogP) is 4.42. The standard InChI is InChI=1S/C16H14BrFN2/c1-11-8-14(18)4-3-13(11)6-7-20-16-5-2-12(10-19)9-15(16)17/h2-5,8-9,20H,6-7H2,1H3. The summed E-state index contributed by atoms with van der Waals surface area (Å²) >= 11 is 3.44. The minimum absolute atomic E-state index is 0.200. The molecule has 4 heteroatoms. The van der Waals surface area contributed by atoms with Gasteiger partial charge in [-0.05, 0) is 70.7 Å². The Labute approximate surface area is 126 Å². The molecule has 2 aromatic carbocycles. The molecule has 0 saturated heterocycles. The minimum atomic E-state index is -0.200. The van der Waals surface area contributed by atoms with Crippen LogP contribution in [0.15, 0.2) is 40.9 Å². The van der Waals surface area contributed by atoms with Gasteiger partial charge in [-0.3, -0.25) is 0 Å². The summed E-state index contributed by atoms with van der Waals surface area (Å²) in [6, 6.07) is 12.4. The summed E-state index contributed by atoms with van der Waals surface area (Å²) in [5, 5.41) is 12.1. The van der Waals surface area contributed by atoms with Gasteiger partial charge in [-0.15, -0.1) is 0 Å². The van der Waals surface area contributed by atoms with Gasteiger partial charge in [-0.2, -0.15) is 5.26 Å². The Balaban J connectivity index is 1.98. The molecule has 102 valence electrons. The summed E-state index contributed by atoms with van der Waals surface area (Å²) in [5.74, 6) is -0.200. The third kappa shape index (κ3) is 3.58. The van der Waals surface area contributed by atoms with Crippen molar-refractivity contribution in [2.24, 2.45) is 0 Å². The van der Waals surface area contributed by atoms with E-state index in [2.05, 4.69) is 27.3 Å². The van der Waals surface area contributed by atoms with Crippen LogP contribution in [0.2, 0.25) is 0 Å². The molecule has 0 aliphatic heterocycles. The fourth-order valence-corrected chi connectivity index (χ4v) is 2.52. The van der Waals surface area contributed by atoms with Crippen molar-refractivity contribution in [1.29, 1.82) is 5.26 Å². The highest BCUT2D eigenvalue weighted by Gasteiger charge is 2.03. The lowest BCUT2D eigenvalue weighted by atomic mass is 10.1. The second-order valence-corrected chi connectivity index (χ2v) is 5.41. The molecular formula is C16H14BrFN2. The summed E-state index contributed by atoms with van der Waals surface area (Å²) in [7, 11) is 0. The highest BCUT2D eigenvalue weighted by molar-refractivity contribution is 9.10. The van der Waals surface area contributed by atoms with Gasteiger partial charge in [0.05, 0.1) is 11.6 Å². The SMILES string of the molecule is Cc1cc(F)ccc1CCNc1ccc(C#N)cc1Br. The van der Waals surface area contributed by atoms with Gasteiger partial charge in [-0.25, -0.2) is 4.39 Å². The van der Waals surface area contributed by atoms with Crippen molar-refractivity contribution in [2.45, 2.75) is 13.3 Å². The molecule has 0 aliphatic carbocycles. The first kappa shape index (κ1) is 14.5. The maximum Gasteiger partial charge on any atom is 0.123 e. The molecule has 0 fully saturated rings. The molecule has 0 aliphatic rings. The fourth-order valence-electron chi connectivity index (χ4n) is 2.00. The molecule has 2 aromatic rings. The molecule has 0 radical (unpaired) electrons. The average Bonchev–Trinajstić information content (AvgIpc) is 2.42. The van der Waals surface area contributed by atoms with Crippen molar-refractivity contribution in [3.05, 3.63) is 63.4 Å². The number of nitrogens with zero attached hydrogens (tertiary/aromatic N) is 1. The van der Waals surface area contributed by atoms with Gasteiger partial charge in [0.1, 0.15) is 5.82 Å². The van der Waals surface area contributed by atoms with Crippen molar-refractivity contribution < 1.29 is 4.39 Å². The van der Waals surface area contributed by atoms with E-state index in [0.717, 1.165) is 34.3 Å². The van der Waals surface area contributed by atoms with Crippen LogP contribution in [0.5, 0.6) is 0 Å². The van der Waals surface area contributed by atoms with Crippen LogP contribution in [0.1, 0.15) is 16.7 Å². The molecule has 0 amide bonds. The van der Waals surface area contributed by atoms with Gasteiger partial charge in [0.15, 0.2) is 0 Å². The number of hydrogen-bond donors (Lipinski definition) is 1. The van der Waals surface area contributed by atoms with E-state index >= 15 is 0 Å². The van der Waals surface area contributed by atoms with Crippen molar-refractivity contribution in [2.75, 3.05) is 11.9 Å². The quantitative estimate of drug-likeness (QED) is 0.899. The second kappa shape index (κ2) is 6.53. The molecule has 0 unspecified atom stereocenters.